The number of aromatic nitrogens is 2. The van der Waals surface area contributed by atoms with Crippen LogP contribution in [0.1, 0.15) is 12.7 Å². The highest BCUT2D eigenvalue weighted by atomic mass is 35.5. The minimum absolute atomic E-state index is 0.146. The standard InChI is InChI=1S/C18H17Cl2N3O2/c1-2-23-15-6-4-3-5-14(15)22-17(23)10-21-18(24)11-25-16-9-12(19)7-8-13(16)20/h3-9H,2,10-11H2,1H3,(H,21,24). The molecule has 7 heteroatoms. The Morgan fingerprint density at radius 3 is 2.84 bits per heavy atom. The molecular weight excluding hydrogens is 361 g/mol. The number of para-hydroxylation sites is 2. The first-order valence-electron chi connectivity index (χ1n) is 7.87. The van der Waals surface area contributed by atoms with Crippen molar-refractivity contribution in [2.45, 2.75) is 20.0 Å². The van der Waals surface area contributed by atoms with Crippen LogP contribution in [0.4, 0.5) is 0 Å². The predicted octanol–water partition coefficient (Wildman–Crippen LogP) is 4.06. The Labute approximate surface area is 155 Å². The van der Waals surface area contributed by atoms with Gasteiger partial charge in [-0.3, -0.25) is 4.79 Å². The highest BCUT2D eigenvalue weighted by molar-refractivity contribution is 6.34. The number of aryl methyl sites for hydroxylation is 1. The zero-order valence-corrected chi connectivity index (χ0v) is 15.1. The van der Waals surface area contributed by atoms with Crippen LogP contribution in [0.3, 0.4) is 0 Å². The number of benzene rings is 2. The summed E-state index contributed by atoms with van der Waals surface area (Å²) in [6.45, 7) is 3.00. The van der Waals surface area contributed by atoms with Gasteiger partial charge in [-0.05, 0) is 31.2 Å². The Morgan fingerprint density at radius 1 is 1.24 bits per heavy atom. The van der Waals surface area contributed by atoms with Gasteiger partial charge in [0.15, 0.2) is 6.61 Å². The van der Waals surface area contributed by atoms with E-state index >= 15 is 0 Å². The highest BCUT2D eigenvalue weighted by Gasteiger charge is 2.11. The number of imidazole rings is 1. The van der Waals surface area contributed by atoms with E-state index in [4.69, 9.17) is 27.9 Å². The van der Waals surface area contributed by atoms with Crippen molar-refractivity contribution < 1.29 is 9.53 Å². The molecule has 5 nitrogen and oxygen atoms in total. The van der Waals surface area contributed by atoms with Crippen molar-refractivity contribution in [3.05, 3.63) is 58.3 Å². The van der Waals surface area contributed by atoms with Gasteiger partial charge >= 0.3 is 0 Å². The first-order valence-corrected chi connectivity index (χ1v) is 8.62. The lowest BCUT2D eigenvalue weighted by molar-refractivity contribution is -0.123. The highest BCUT2D eigenvalue weighted by Crippen LogP contribution is 2.27. The second-order valence-corrected chi connectivity index (χ2v) is 6.24. The van der Waals surface area contributed by atoms with E-state index in [9.17, 15) is 4.79 Å². The zero-order chi connectivity index (χ0) is 17.8. The second kappa shape index (κ2) is 7.76. The summed E-state index contributed by atoms with van der Waals surface area (Å²) in [6, 6.07) is 12.8. The van der Waals surface area contributed by atoms with E-state index < -0.39 is 0 Å². The van der Waals surface area contributed by atoms with Gasteiger partial charge in [0.1, 0.15) is 11.6 Å². The molecule has 25 heavy (non-hydrogen) atoms. The summed E-state index contributed by atoms with van der Waals surface area (Å²) in [5.41, 5.74) is 1.96. The Morgan fingerprint density at radius 2 is 2.04 bits per heavy atom. The topological polar surface area (TPSA) is 56.2 Å². The number of carbonyl (C=O) groups is 1. The fourth-order valence-electron chi connectivity index (χ4n) is 2.57. The van der Waals surface area contributed by atoms with Gasteiger partial charge in [-0.25, -0.2) is 4.98 Å². The molecule has 0 spiro atoms. The lowest BCUT2D eigenvalue weighted by Crippen LogP contribution is -2.29. The molecule has 3 aromatic rings. The van der Waals surface area contributed by atoms with Crippen LogP contribution < -0.4 is 10.1 Å². The Balaban J connectivity index is 1.62. The molecule has 0 unspecified atom stereocenters. The largest absolute Gasteiger partial charge is 0.482 e. The number of carbonyl (C=O) groups excluding carboxylic acids is 1. The predicted molar refractivity (Wildman–Crippen MR) is 99.2 cm³/mol. The molecule has 0 atom stereocenters. The van der Waals surface area contributed by atoms with Crippen molar-refractivity contribution in [3.8, 4) is 5.75 Å². The molecule has 0 aliphatic heterocycles. The number of hydrogen-bond donors (Lipinski definition) is 1. The van der Waals surface area contributed by atoms with Gasteiger partial charge in [-0.1, -0.05) is 35.3 Å². The summed E-state index contributed by atoms with van der Waals surface area (Å²) >= 11 is 11.9. The maximum atomic E-state index is 12.1. The van der Waals surface area contributed by atoms with Crippen molar-refractivity contribution in [1.82, 2.24) is 14.9 Å². The van der Waals surface area contributed by atoms with E-state index in [2.05, 4.69) is 14.9 Å². The van der Waals surface area contributed by atoms with Crippen LogP contribution in [-0.2, 0) is 17.9 Å². The number of ether oxygens (including phenoxy) is 1. The van der Waals surface area contributed by atoms with Crippen LogP contribution in [0, 0.1) is 0 Å². The molecule has 0 saturated heterocycles. The second-order valence-electron chi connectivity index (χ2n) is 5.40. The summed E-state index contributed by atoms with van der Waals surface area (Å²) in [7, 11) is 0. The van der Waals surface area contributed by atoms with Crippen LogP contribution in [-0.4, -0.2) is 22.1 Å². The third kappa shape index (κ3) is 4.06. The van der Waals surface area contributed by atoms with Gasteiger partial charge < -0.3 is 14.6 Å². The number of hydrogen-bond acceptors (Lipinski definition) is 3. The van der Waals surface area contributed by atoms with Crippen molar-refractivity contribution in [3.63, 3.8) is 0 Å². The number of amides is 1. The van der Waals surface area contributed by atoms with Gasteiger partial charge in [-0.15, -0.1) is 0 Å². The van der Waals surface area contributed by atoms with Crippen LogP contribution in [0.25, 0.3) is 11.0 Å². The minimum Gasteiger partial charge on any atom is -0.482 e. The normalized spacial score (nSPS) is 10.8. The van der Waals surface area contributed by atoms with E-state index in [0.717, 1.165) is 23.4 Å². The number of nitrogens with one attached hydrogen (secondary N) is 1. The van der Waals surface area contributed by atoms with E-state index in [1.165, 1.54) is 0 Å². The first-order chi connectivity index (χ1) is 12.1. The number of nitrogens with zero attached hydrogens (tertiary/aromatic N) is 2. The summed E-state index contributed by atoms with van der Waals surface area (Å²) < 4.78 is 7.50. The van der Waals surface area contributed by atoms with Crippen molar-refractivity contribution >= 4 is 40.1 Å². The molecule has 0 radical (unpaired) electrons. The van der Waals surface area contributed by atoms with Gasteiger partial charge in [0.2, 0.25) is 0 Å². The third-order valence-electron chi connectivity index (χ3n) is 3.75. The van der Waals surface area contributed by atoms with Crippen LogP contribution in [0.2, 0.25) is 10.0 Å². The molecule has 3 rings (SSSR count). The first kappa shape index (κ1) is 17.6. The van der Waals surface area contributed by atoms with Gasteiger partial charge in [0, 0.05) is 17.6 Å². The Bertz CT molecular complexity index is 908. The molecule has 0 aliphatic carbocycles. The maximum absolute atomic E-state index is 12.1. The van der Waals surface area contributed by atoms with Crippen molar-refractivity contribution in [2.75, 3.05) is 6.61 Å². The van der Waals surface area contributed by atoms with Crippen molar-refractivity contribution in [1.29, 1.82) is 0 Å². The summed E-state index contributed by atoms with van der Waals surface area (Å²) in [5, 5.41) is 3.72. The fraction of sp³-hybridized carbons (Fsp3) is 0.222. The maximum Gasteiger partial charge on any atom is 0.258 e. The third-order valence-corrected chi connectivity index (χ3v) is 4.29. The number of fused-ring (bicyclic) bond motifs is 1. The van der Waals surface area contributed by atoms with E-state index in [0.29, 0.717) is 22.3 Å². The van der Waals surface area contributed by atoms with Gasteiger partial charge in [0.05, 0.1) is 22.6 Å². The molecule has 0 bridgehead atoms. The van der Waals surface area contributed by atoms with Crippen LogP contribution >= 0.6 is 23.2 Å². The van der Waals surface area contributed by atoms with Crippen LogP contribution in [0.15, 0.2) is 42.5 Å². The monoisotopic (exact) mass is 377 g/mol. The molecule has 0 aliphatic rings. The lowest BCUT2D eigenvalue weighted by atomic mass is 10.3. The molecule has 0 fully saturated rings. The number of halogens is 2. The quantitative estimate of drug-likeness (QED) is 0.704. The van der Waals surface area contributed by atoms with E-state index in [1.54, 1.807) is 18.2 Å². The molecule has 130 valence electrons. The Hall–Kier alpha value is -2.24. The molecule has 2 aromatic carbocycles. The minimum atomic E-state index is -0.259. The lowest BCUT2D eigenvalue weighted by Gasteiger charge is -2.10. The van der Waals surface area contributed by atoms with E-state index in [-0.39, 0.29) is 12.5 Å². The molecular formula is C18H17Cl2N3O2. The smallest absolute Gasteiger partial charge is 0.258 e. The summed E-state index contributed by atoms with van der Waals surface area (Å²) in [6.07, 6.45) is 0. The Kier molecular flexibility index (Phi) is 5.46. The fourth-order valence-corrected chi connectivity index (χ4v) is 2.91. The average molecular weight is 378 g/mol. The van der Waals surface area contributed by atoms with Gasteiger partial charge in [-0.2, -0.15) is 0 Å². The molecule has 1 amide bonds. The summed E-state index contributed by atoms with van der Waals surface area (Å²) in [5.74, 6) is 0.925. The van der Waals surface area contributed by atoms with Crippen molar-refractivity contribution in [2.24, 2.45) is 0 Å². The summed E-state index contributed by atoms with van der Waals surface area (Å²) in [4.78, 5) is 16.6. The van der Waals surface area contributed by atoms with Gasteiger partial charge in [0.25, 0.3) is 5.91 Å². The van der Waals surface area contributed by atoms with Crippen LogP contribution in [0.5, 0.6) is 5.75 Å². The molecule has 1 heterocycles. The molecule has 1 aromatic heterocycles. The number of rotatable bonds is 6. The van der Waals surface area contributed by atoms with E-state index in [1.807, 2.05) is 31.2 Å². The average Bonchev–Trinajstić information content (AvgIpc) is 2.98. The zero-order valence-electron chi connectivity index (χ0n) is 13.6. The molecule has 1 N–H and O–H groups in total. The molecule has 0 saturated carbocycles. The SMILES string of the molecule is CCn1c(CNC(=O)COc2cc(Cl)ccc2Cl)nc2ccccc21.